The summed E-state index contributed by atoms with van der Waals surface area (Å²) in [6.45, 7) is 1.99. The van der Waals surface area contributed by atoms with Crippen LogP contribution in [0.4, 0.5) is 17.5 Å². The van der Waals surface area contributed by atoms with Gasteiger partial charge in [0.15, 0.2) is 0 Å². The Morgan fingerprint density at radius 3 is 2.65 bits per heavy atom. The van der Waals surface area contributed by atoms with Gasteiger partial charge in [-0.3, -0.25) is 0 Å². The second-order valence-electron chi connectivity index (χ2n) is 6.02. The van der Waals surface area contributed by atoms with E-state index >= 15 is 0 Å². The number of nitrogens with zero attached hydrogens (tertiary/aromatic N) is 2. The highest BCUT2D eigenvalue weighted by atomic mass is 16.5. The maximum absolute atomic E-state index is 5.37. The summed E-state index contributed by atoms with van der Waals surface area (Å²) in [5, 5.41) is 6.81. The maximum atomic E-state index is 5.37. The fraction of sp³-hybridized carbons (Fsp3) is 0.444. The number of ether oxygens (including phenoxy) is 1. The number of hydrogen-bond acceptors (Lipinski definition) is 5. The molecule has 0 saturated heterocycles. The second kappa shape index (κ2) is 7.31. The minimum Gasteiger partial charge on any atom is -0.495 e. The molecule has 2 aromatic rings. The molecule has 0 spiro atoms. The third kappa shape index (κ3) is 4.12. The Bertz CT molecular complexity index is 653. The fourth-order valence-corrected chi connectivity index (χ4v) is 3.02. The van der Waals surface area contributed by atoms with Crippen LogP contribution in [0.1, 0.15) is 37.8 Å². The molecule has 1 saturated carbocycles. The lowest BCUT2D eigenvalue weighted by Crippen LogP contribution is -2.23. The highest BCUT2D eigenvalue weighted by Crippen LogP contribution is 2.27. The molecule has 23 heavy (non-hydrogen) atoms. The van der Waals surface area contributed by atoms with Gasteiger partial charge in [0.1, 0.15) is 11.6 Å². The monoisotopic (exact) mass is 312 g/mol. The number of anilines is 3. The molecule has 1 fully saturated rings. The van der Waals surface area contributed by atoms with Crippen molar-refractivity contribution in [1.82, 2.24) is 9.97 Å². The molecule has 0 atom stereocenters. The minimum atomic E-state index is 0.525. The van der Waals surface area contributed by atoms with E-state index in [0.29, 0.717) is 12.0 Å². The highest BCUT2D eigenvalue weighted by Gasteiger charge is 2.14. The molecule has 0 radical (unpaired) electrons. The van der Waals surface area contributed by atoms with Crippen molar-refractivity contribution in [2.45, 2.75) is 45.1 Å². The zero-order chi connectivity index (χ0) is 16.1. The number of aromatic nitrogens is 2. The molecule has 5 heteroatoms. The molecular weight excluding hydrogens is 288 g/mol. The molecule has 1 aliphatic rings. The number of para-hydroxylation sites is 2. The highest BCUT2D eigenvalue weighted by molar-refractivity contribution is 5.63. The number of methoxy groups -OCH3 is 1. The molecule has 1 aliphatic carbocycles. The summed E-state index contributed by atoms with van der Waals surface area (Å²) in [6, 6.07) is 10.3. The van der Waals surface area contributed by atoms with Gasteiger partial charge in [-0.25, -0.2) is 4.98 Å². The van der Waals surface area contributed by atoms with E-state index in [0.717, 1.165) is 22.9 Å². The van der Waals surface area contributed by atoms with E-state index in [4.69, 9.17) is 4.74 Å². The third-order valence-corrected chi connectivity index (χ3v) is 4.16. The first-order chi connectivity index (χ1) is 11.2. The van der Waals surface area contributed by atoms with Gasteiger partial charge in [0.25, 0.3) is 0 Å². The van der Waals surface area contributed by atoms with E-state index in [1.807, 2.05) is 37.3 Å². The summed E-state index contributed by atoms with van der Waals surface area (Å²) in [5.41, 5.74) is 1.81. The molecule has 0 bridgehead atoms. The topological polar surface area (TPSA) is 59.1 Å². The van der Waals surface area contributed by atoms with Crippen LogP contribution in [0.25, 0.3) is 0 Å². The Labute approximate surface area is 137 Å². The second-order valence-corrected chi connectivity index (χ2v) is 6.02. The summed E-state index contributed by atoms with van der Waals surface area (Å²) in [6.07, 6.45) is 6.39. The van der Waals surface area contributed by atoms with Crippen LogP contribution in [-0.2, 0) is 0 Å². The van der Waals surface area contributed by atoms with Gasteiger partial charge in [0.2, 0.25) is 5.95 Å². The number of aryl methyl sites for hydroxylation is 1. The number of benzene rings is 1. The minimum absolute atomic E-state index is 0.525. The SMILES string of the molecule is COc1ccccc1Nc1nc(C)cc(NC2CCCCC2)n1. The molecule has 3 rings (SSSR count). The van der Waals surface area contributed by atoms with Crippen LogP contribution in [-0.4, -0.2) is 23.1 Å². The van der Waals surface area contributed by atoms with Crippen LogP contribution in [0, 0.1) is 6.92 Å². The Balaban J connectivity index is 1.77. The lowest BCUT2D eigenvalue weighted by atomic mass is 9.95. The van der Waals surface area contributed by atoms with Crippen molar-refractivity contribution in [3.05, 3.63) is 36.0 Å². The van der Waals surface area contributed by atoms with E-state index in [1.165, 1.54) is 32.1 Å². The van der Waals surface area contributed by atoms with Crippen molar-refractivity contribution in [1.29, 1.82) is 0 Å². The number of hydrogen-bond donors (Lipinski definition) is 2. The van der Waals surface area contributed by atoms with Gasteiger partial charge in [-0.1, -0.05) is 31.4 Å². The first-order valence-electron chi connectivity index (χ1n) is 8.27. The third-order valence-electron chi connectivity index (χ3n) is 4.16. The van der Waals surface area contributed by atoms with Gasteiger partial charge in [-0.05, 0) is 31.9 Å². The Hall–Kier alpha value is -2.30. The van der Waals surface area contributed by atoms with Crippen molar-refractivity contribution in [2.24, 2.45) is 0 Å². The van der Waals surface area contributed by atoms with Crippen molar-refractivity contribution in [3.8, 4) is 5.75 Å². The van der Waals surface area contributed by atoms with Crippen molar-refractivity contribution >= 4 is 17.5 Å². The normalized spacial score (nSPS) is 15.2. The fourth-order valence-electron chi connectivity index (χ4n) is 3.02. The van der Waals surface area contributed by atoms with E-state index in [1.54, 1.807) is 7.11 Å². The van der Waals surface area contributed by atoms with Crippen molar-refractivity contribution < 1.29 is 4.74 Å². The van der Waals surface area contributed by atoms with Crippen LogP contribution < -0.4 is 15.4 Å². The summed E-state index contributed by atoms with van der Waals surface area (Å²) < 4.78 is 5.37. The van der Waals surface area contributed by atoms with E-state index < -0.39 is 0 Å². The van der Waals surface area contributed by atoms with Crippen LogP contribution >= 0.6 is 0 Å². The quantitative estimate of drug-likeness (QED) is 0.863. The Morgan fingerprint density at radius 1 is 1.09 bits per heavy atom. The molecule has 1 aromatic heterocycles. The Morgan fingerprint density at radius 2 is 1.87 bits per heavy atom. The first-order valence-corrected chi connectivity index (χ1v) is 8.27. The predicted octanol–water partition coefficient (Wildman–Crippen LogP) is 4.28. The van der Waals surface area contributed by atoms with Crippen LogP contribution in [0.5, 0.6) is 5.75 Å². The molecular formula is C18H24N4O. The van der Waals surface area contributed by atoms with E-state index in [9.17, 15) is 0 Å². The summed E-state index contributed by atoms with van der Waals surface area (Å²) >= 11 is 0. The van der Waals surface area contributed by atoms with E-state index in [-0.39, 0.29) is 0 Å². The number of nitrogens with one attached hydrogen (secondary N) is 2. The average molecular weight is 312 g/mol. The number of rotatable bonds is 5. The standard InChI is InChI=1S/C18H24N4O/c1-13-12-17(20-14-8-4-3-5-9-14)22-18(19-13)21-15-10-6-7-11-16(15)23-2/h6-7,10-12,14H,3-5,8-9H2,1-2H3,(H2,19,20,21,22). The molecule has 122 valence electrons. The molecule has 1 heterocycles. The first kappa shape index (κ1) is 15.6. The van der Waals surface area contributed by atoms with Gasteiger partial charge in [0, 0.05) is 17.8 Å². The molecule has 0 aliphatic heterocycles. The van der Waals surface area contributed by atoms with Gasteiger partial charge in [-0.15, -0.1) is 0 Å². The van der Waals surface area contributed by atoms with Crippen LogP contribution in [0.2, 0.25) is 0 Å². The summed E-state index contributed by atoms with van der Waals surface area (Å²) in [7, 11) is 1.66. The van der Waals surface area contributed by atoms with Gasteiger partial charge < -0.3 is 15.4 Å². The molecule has 5 nitrogen and oxygen atoms in total. The van der Waals surface area contributed by atoms with Crippen LogP contribution in [0.3, 0.4) is 0 Å². The largest absolute Gasteiger partial charge is 0.495 e. The van der Waals surface area contributed by atoms with Crippen molar-refractivity contribution in [3.63, 3.8) is 0 Å². The smallest absolute Gasteiger partial charge is 0.229 e. The maximum Gasteiger partial charge on any atom is 0.229 e. The van der Waals surface area contributed by atoms with Crippen molar-refractivity contribution in [2.75, 3.05) is 17.7 Å². The van der Waals surface area contributed by atoms with Gasteiger partial charge >= 0.3 is 0 Å². The van der Waals surface area contributed by atoms with Gasteiger partial charge in [-0.2, -0.15) is 4.98 Å². The van der Waals surface area contributed by atoms with Gasteiger partial charge in [0.05, 0.1) is 12.8 Å². The zero-order valence-corrected chi connectivity index (χ0v) is 13.8. The molecule has 0 unspecified atom stereocenters. The lowest BCUT2D eigenvalue weighted by Gasteiger charge is -2.23. The summed E-state index contributed by atoms with van der Waals surface area (Å²) in [4.78, 5) is 9.09. The molecule has 2 N–H and O–H groups in total. The average Bonchev–Trinajstić information content (AvgIpc) is 2.56. The van der Waals surface area contributed by atoms with E-state index in [2.05, 4.69) is 20.6 Å². The molecule has 1 aromatic carbocycles. The van der Waals surface area contributed by atoms with Crippen LogP contribution in [0.15, 0.2) is 30.3 Å². The lowest BCUT2D eigenvalue weighted by molar-refractivity contribution is 0.417. The molecule has 0 amide bonds. The Kier molecular flexibility index (Phi) is 4.95. The zero-order valence-electron chi connectivity index (χ0n) is 13.8. The predicted molar refractivity (Wildman–Crippen MR) is 93.5 cm³/mol. The summed E-state index contributed by atoms with van der Waals surface area (Å²) in [5.74, 6) is 2.26.